The molecule has 4 N–H and O–H groups in total. The van der Waals surface area contributed by atoms with Crippen molar-refractivity contribution < 1.29 is 27.5 Å². The molecule has 3 aromatic carbocycles. The third kappa shape index (κ3) is 9.83. The highest BCUT2D eigenvalue weighted by molar-refractivity contribution is 6.00. The number of hydrogen-bond acceptors (Lipinski definition) is 8. The van der Waals surface area contributed by atoms with E-state index in [1.807, 2.05) is 50.0 Å². The predicted molar refractivity (Wildman–Crippen MR) is 168 cm³/mol. The Morgan fingerprint density at radius 3 is 2.11 bits per heavy atom. The predicted octanol–water partition coefficient (Wildman–Crippen LogP) is 6.13. The molecule has 14 heteroatoms. The zero-order valence-corrected chi connectivity index (χ0v) is 25.1. The molecule has 0 aliphatic rings. The third-order valence-electron chi connectivity index (χ3n) is 6.43. The summed E-state index contributed by atoms with van der Waals surface area (Å²) < 4.78 is 40.8. The van der Waals surface area contributed by atoms with E-state index in [1.165, 1.54) is 12.1 Å². The Bertz CT molecular complexity index is 1610. The lowest BCUT2D eigenvalue weighted by molar-refractivity contribution is -0.274. The van der Waals surface area contributed by atoms with Gasteiger partial charge in [-0.1, -0.05) is 6.07 Å². The summed E-state index contributed by atoms with van der Waals surface area (Å²) in [7, 11) is 5.71. The average molecular weight is 623 g/mol. The highest BCUT2D eigenvalue weighted by atomic mass is 19.4. The molecular weight excluding hydrogens is 589 g/mol. The van der Waals surface area contributed by atoms with Crippen molar-refractivity contribution in [3.05, 3.63) is 90.1 Å². The van der Waals surface area contributed by atoms with Crippen LogP contribution in [0.15, 0.2) is 79.0 Å². The van der Waals surface area contributed by atoms with E-state index in [0.29, 0.717) is 35.2 Å². The van der Waals surface area contributed by atoms with Gasteiger partial charge in [-0.3, -0.25) is 4.79 Å². The van der Waals surface area contributed by atoms with Gasteiger partial charge in [0.1, 0.15) is 11.6 Å². The maximum atomic E-state index is 12.7. The summed E-state index contributed by atoms with van der Waals surface area (Å²) in [6.07, 6.45) is -3.18. The van der Waals surface area contributed by atoms with Crippen LogP contribution in [0.25, 0.3) is 0 Å². The van der Waals surface area contributed by atoms with E-state index >= 15 is 0 Å². The van der Waals surface area contributed by atoms with Crippen LogP contribution < -0.4 is 30.9 Å². The molecule has 11 nitrogen and oxygen atoms in total. The SMILES string of the molecule is Cc1ccc(Nc2nccc(N(C)c3ccc(NC(=O)Nc4ccc(OC(F)(F)F)cc4)cc3)n2)cc1C(=O)NCCN(C)C. The van der Waals surface area contributed by atoms with Crippen LogP contribution in [0, 0.1) is 6.92 Å². The first-order valence-electron chi connectivity index (χ1n) is 13.8. The van der Waals surface area contributed by atoms with Crippen LogP contribution in [0.4, 0.5) is 52.5 Å². The normalized spacial score (nSPS) is 11.1. The van der Waals surface area contributed by atoms with Gasteiger partial charge in [-0.15, -0.1) is 13.2 Å². The second kappa shape index (κ2) is 14.4. The van der Waals surface area contributed by atoms with Gasteiger partial charge in [0, 0.05) is 54.6 Å². The van der Waals surface area contributed by atoms with Crippen molar-refractivity contribution in [2.45, 2.75) is 13.3 Å². The van der Waals surface area contributed by atoms with Crippen LogP contribution in [-0.2, 0) is 0 Å². The molecule has 3 amide bonds. The smallest absolute Gasteiger partial charge is 0.406 e. The number of carbonyl (C=O) groups is 2. The largest absolute Gasteiger partial charge is 0.573 e. The van der Waals surface area contributed by atoms with Gasteiger partial charge in [-0.25, -0.2) is 9.78 Å². The Morgan fingerprint density at radius 1 is 0.867 bits per heavy atom. The van der Waals surface area contributed by atoms with Gasteiger partial charge in [0.05, 0.1) is 0 Å². The Hall–Kier alpha value is -5.37. The summed E-state index contributed by atoms with van der Waals surface area (Å²) in [6.45, 7) is 3.14. The molecular formula is C31H33F3N8O3. The van der Waals surface area contributed by atoms with Gasteiger partial charge in [-0.2, -0.15) is 4.98 Å². The number of alkyl halides is 3. The number of benzene rings is 3. The van der Waals surface area contributed by atoms with Crippen molar-refractivity contribution in [2.24, 2.45) is 0 Å². The Labute approximate surface area is 258 Å². The molecule has 0 saturated carbocycles. The molecule has 0 fully saturated rings. The van der Waals surface area contributed by atoms with Crippen LogP contribution in [0.5, 0.6) is 5.75 Å². The van der Waals surface area contributed by atoms with E-state index in [-0.39, 0.29) is 17.3 Å². The minimum atomic E-state index is -4.79. The Kier molecular flexibility index (Phi) is 10.4. The van der Waals surface area contributed by atoms with E-state index in [1.54, 1.807) is 42.6 Å². The highest BCUT2D eigenvalue weighted by Gasteiger charge is 2.31. The number of carbonyl (C=O) groups excluding carboxylic acids is 2. The fourth-order valence-corrected chi connectivity index (χ4v) is 4.09. The molecule has 45 heavy (non-hydrogen) atoms. The van der Waals surface area contributed by atoms with E-state index < -0.39 is 12.4 Å². The number of nitrogens with zero attached hydrogens (tertiary/aromatic N) is 4. The average Bonchev–Trinajstić information content (AvgIpc) is 2.98. The van der Waals surface area contributed by atoms with Crippen molar-refractivity contribution in [2.75, 3.05) is 55.1 Å². The van der Waals surface area contributed by atoms with Gasteiger partial charge in [0.25, 0.3) is 5.91 Å². The monoisotopic (exact) mass is 622 g/mol. The number of nitrogens with one attached hydrogen (secondary N) is 4. The summed E-state index contributed by atoms with van der Waals surface area (Å²) in [6, 6.07) is 18.4. The van der Waals surface area contributed by atoms with Crippen LogP contribution >= 0.6 is 0 Å². The maximum Gasteiger partial charge on any atom is 0.573 e. The molecule has 4 rings (SSSR count). The van der Waals surface area contributed by atoms with Gasteiger partial charge in [0.2, 0.25) is 5.95 Å². The quantitative estimate of drug-likeness (QED) is 0.158. The van der Waals surface area contributed by atoms with Crippen LogP contribution in [0.2, 0.25) is 0 Å². The second-order valence-corrected chi connectivity index (χ2v) is 10.2. The van der Waals surface area contributed by atoms with Gasteiger partial charge in [0.15, 0.2) is 0 Å². The fraction of sp³-hybridized carbons (Fsp3) is 0.226. The molecule has 0 unspecified atom stereocenters. The van der Waals surface area contributed by atoms with Crippen molar-refractivity contribution >= 4 is 46.5 Å². The second-order valence-electron chi connectivity index (χ2n) is 10.2. The van der Waals surface area contributed by atoms with Crippen molar-refractivity contribution in [1.82, 2.24) is 20.2 Å². The number of halogens is 3. The topological polar surface area (TPSA) is 124 Å². The maximum absolute atomic E-state index is 12.7. The van der Waals surface area contributed by atoms with Gasteiger partial charge in [-0.05, 0) is 93.3 Å². The van der Waals surface area contributed by atoms with Crippen molar-refractivity contribution in [3.8, 4) is 5.75 Å². The molecule has 0 aliphatic carbocycles. The molecule has 0 bridgehead atoms. The van der Waals surface area contributed by atoms with E-state index in [4.69, 9.17) is 0 Å². The summed E-state index contributed by atoms with van der Waals surface area (Å²) in [5.41, 5.74) is 3.63. The number of urea groups is 1. The van der Waals surface area contributed by atoms with E-state index in [9.17, 15) is 22.8 Å². The van der Waals surface area contributed by atoms with E-state index in [0.717, 1.165) is 29.9 Å². The number of aromatic nitrogens is 2. The lowest BCUT2D eigenvalue weighted by Gasteiger charge is -2.19. The molecule has 1 heterocycles. The molecule has 0 radical (unpaired) electrons. The van der Waals surface area contributed by atoms with Crippen LogP contribution in [-0.4, -0.2) is 67.4 Å². The number of ether oxygens (including phenoxy) is 1. The van der Waals surface area contributed by atoms with Crippen molar-refractivity contribution in [1.29, 1.82) is 0 Å². The molecule has 0 atom stereocenters. The standard InChI is InChI=1S/C31H33F3N8O3/c1-20-5-6-23(19-26(20)28(43)35-17-18-41(2)3)37-29-36-16-15-27(40-29)42(4)24-11-7-21(8-12-24)38-30(44)39-22-9-13-25(14-10-22)45-31(32,33)34/h5-16,19H,17-18H2,1-4H3,(H,35,43)(H,36,37,40)(H2,38,39,44). The number of likely N-dealkylation sites (N-methyl/N-ethyl adjacent to an activating group) is 1. The lowest BCUT2D eigenvalue weighted by Crippen LogP contribution is -2.31. The summed E-state index contributed by atoms with van der Waals surface area (Å²) in [4.78, 5) is 37.8. The third-order valence-corrected chi connectivity index (χ3v) is 6.43. The summed E-state index contributed by atoms with van der Waals surface area (Å²) in [5, 5.41) is 11.3. The van der Waals surface area contributed by atoms with Gasteiger partial charge >= 0.3 is 12.4 Å². The minimum Gasteiger partial charge on any atom is -0.406 e. The van der Waals surface area contributed by atoms with Gasteiger partial charge < -0.3 is 35.8 Å². The van der Waals surface area contributed by atoms with Crippen molar-refractivity contribution in [3.63, 3.8) is 0 Å². The van der Waals surface area contributed by atoms with Crippen LogP contribution in [0.3, 0.4) is 0 Å². The van der Waals surface area contributed by atoms with Crippen LogP contribution in [0.1, 0.15) is 15.9 Å². The Morgan fingerprint density at radius 2 is 1.49 bits per heavy atom. The lowest BCUT2D eigenvalue weighted by atomic mass is 10.1. The first-order chi connectivity index (χ1) is 21.4. The number of amides is 3. The molecule has 0 saturated heterocycles. The zero-order valence-electron chi connectivity index (χ0n) is 25.1. The number of aryl methyl sites for hydroxylation is 1. The molecule has 0 aliphatic heterocycles. The molecule has 0 spiro atoms. The first-order valence-corrected chi connectivity index (χ1v) is 13.8. The number of anilines is 6. The molecule has 236 valence electrons. The minimum absolute atomic E-state index is 0.156. The summed E-state index contributed by atoms with van der Waals surface area (Å²) in [5.74, 6) is 0.393. The fourth-order valence-electron chi connectivity index (χ4n) is 4.09. The molecule has 4 aromatic rings. The highest BCUT2D eigenvalue weighted by Crippen LogP contribution is 2.26. The number of hydrogen-bond donors (Lipinski definition) is 4. The first kappa shape index (κ1) is 32.5. The zero-order chi connectivity index (χ0) is 32.6. The Balaban J connectivity index is 1.35. The molecule has 1 aromatic heterocycles. The van der Waals surface area contributed by atoms with E-state index in [2.05, 4.69) is 36.0 Å². The number of rotatable bonds is 11. The summed E-state index contributed by atoms with van der Waals surface area (Å²) >= 11 is 0.